The van der Waals surface area contributed by atoms with E-state index in [1.54, 1.807) is 0 Å². The van der Waals surface area contributed by atoms with E-state index in [1.165, 1.54) is 218 Å². The monoisotopic (exact) mass is 1140 g/mol. The summed E-state index contributed by atoms with van der Waals surface area (Å²) in [5, 5.41) is 0. The Morgan fingerprint density at radius 2 is 0.500 bits per heavy atom. The van der Waals surface area contributed by atoms with Crippen molar-refractivity contribution in [3.05, 3.63) is 85.1 Å². The van der Waals surface area contributed by atoms with Gasteiger partial charge in [0.2, 0.25) is 0 Å². The second-order valence-electron chi connectivity index (χ2n) is 23.8. The highest BCUT2D eigenvalue weighted by Gasteiger charge is 2.19. The van der Waals surface area contributed by atoms with Gasteiger partial charge in [-0.3, -0.25) is 14.4 Å². The number of hydrogen-bond donors (Lipinski definition) is 0. The van der Waals surface area contributed by atoms with Gasteiger partial charge >= 0.3 is 17.9 Å². The molecule has 0 rings (SSSR count). The van der Waals surface area contributed by atoms with Crippen LogP contribution in [0.2, 0.25) is 0 Å². The largest absolute Gasteiger partial charge is 0.462 e. The molecule has 0 aliphatic carbocycles. The Bertz CT molecular complexity index is 1550. The van der Waals surface area contributed by atoms with Crippen LogP contribution in [0.4, 0.5) is 0 Å². The zero-order chi connectivity index (χ0) is 59.2. The number of esters is 3. The molecular formula is C76H134O6. The standard InChI is InChI=1S/C76H134O6/c1-4-7-10-13-16-19-22-24-26-28-30-32-34-35-36-37-38-39-40-41-43-44-46-48-50-52-54-57-60-63-66-69-75(78)81-72-73(71-80-74(77)68-65-62-59-56-21-18-15-12-9-6-3)82-76(79)70-67-64-61-58-55-53-51-49-47-45-42-33-31-29-27-25-23-20-17-14-11-8-5-2/h7,10,12,15-16,19,24,26,29-32,35-36,73H,4-6,8-9,11,13-14,17-18,20-23,25,27-28,33-34,37-72H2,1-3H3/b10-7-,15-12-,19-16-,26-24-,31-29-,32-30-,36-35-. The molecule has 0 saturated carbocycles. The fraction of sp³-hybridized carbons (Fsp3) is 0.776. The fourth-order valence-corrected chi connectivity index (χ4v) is 10.3. The molecule has 0 radical (unpaired) electrons. The van der Waals surface area contributed by atoms with Crippen molar-refractivity contribution in [1.82, 2.24) is 0 Å². The zero-order valence-electron chi connectivity index (χ0n) is 54.5. The normalized spacial score (nSPS) is 12.6. The van der Waals surface area contributed by atoms with Gasteiger partial charge in [-0.2, -0.15) is 0 Å². The second-order valence-corrected chi connectivity index (χ2v) is 23.8. The lowest BCUT2D eigenvalue weighted by atomic mass is 10.0. The molecule has 0 amide bonds. The first-order valence-corrected chi connectivity index (χ1v) is 35.6. The summed E-state index contributed by atoms with van der Waals surface area (Å²) in [5.74, 6) is -0.870. The quantitative estimate of drug-likeness (QED) is 0.0261. The van der Waals surface area contributed by atoms with Crippen LogP contribution in [0.5, 0.6) is 0 Å². The van der Waals surface area contributed by atoms with Gasteiger partial charge in [-0.25, -0.2) is 0 Å². The van der Waals surface area contributed by atoms with E-state index in [1.807, 2.05) is 0 Å². The third-order valence-electron chi connectivity index (χ3n) is 15.6. The van der Waals surface area contributed by atoms with Crippen molar-refractivity contribution in [3.8, 4) is 0 Å². The summed E-state index contributed by atoms with van der Waals surface area (Å²) in [6.07, 6.45) is 93.4. The number of hydrogen-bond acceptors (Lipinski definition) is 6. The maximum Gasteiger partial charge on any atom is 0.306 e. The van der Waals surface area contributed by atoms with E-state index >= 15 is 0 Å². The molecule has 0 aliphatic heterocycles. The van der Waals surface area contributed by atoms with E-state index < -0.39 is 6.10 Å². The molecule has 0 aromatic rings. The van der Waals surface area contributed by atoms with Crippen LogP contribution in [-0.2, 0) is 28.6 Å². The van der Waals surface area contributed by atoms with Crippen molar-refractivity contribution < 1.29 is 28.6 Å². The van der Waals surface area contributed by atoms with Crippen molar-refractivity contribution in [2.45, 2.75) is 367 Å². The van der Waals surface area contributed by atoms with Gasteiger partial charge in [0, 0.05) is 19.3 Å². The lowest BCUT2D eigenvalue weighted by Crippen LogP contribution is -2.30. The van der Waals surface area contributed by atoms with Gasteiger partial charge in [0.15, 0.2) is 6.10 Å². The molecule has 0 spiro atoms. The summed E-state index contributed by atoms with van der Waals surface area (Å²) in [6.45, 7) is 6.50. The Morgan fingerprint density at radius 1 is 0.256 bits per heavy atom. The van der Waals surface area contributed by atoms with Gasteiger partial charge in [-0.15, -0.1) is 0 Å². The first-order valence-electron chi connectivity index (χ1n) is 35.6. The van der Waals surface area contributed by atoms with Gasteiger partial charge in [0.25, 0.3) is 0 Å². The van der Waals surface area contributed by atoms with Gasteiger partial charge in [0.1, 0.15) is 13.2 Å². The minimum absolute atomic E-state index is 0.0760. The lowest BCUT2D eigenvalue weighted by molar-refractivity contribution is -0.167. The minimum atomic E-state index is -0.779. The molecule has 6 heteroatoms. The maximum atomic E-state index is 12.9. The Kier molecular flexibility index (Phi) is 67.2. The summed E-state index contributed by atoms with van der Waals surface area (Å²) in [5.41, 5.74) is 0. The van der Waals surface area contributed by atoms with E-state index in [0.29, 0.717) is 19.3 Å². The number of unbranched alkanes of at least 4 members (excludes halogenated alkanes) is 40. The molecule has 0 bridgehead atoms. The molecule has 0 saturated heterocycles. The summed E-state index contributed by atoms with van der Waals surface area (Å²) >= 11 is 0. The highest BCUT2D eigenvalue weighted by atomic mass is 16.6. The first kappa shape index (κ1) is 78.6. The Hall–Kier alpha value is -3.41. The molecule has 0 fully saturated rings. The van der Waals surface area contributed by atoms with Crippen molar-refractivity contribution in [2.24, 2.45) is 0 Å². The van der Waals surface area contributed by atoms with Crippen LogP contribution in [0, 0.1) is 0 Å². The zero-order valence-corrected chi connectivity index (χ0v) is 54.5. The average Bonchev–Trinajstić information content (AvgIpc) is 3.47. The van der Waals surface area contributed by atoms with Crippen molar-refractivity contribution in [1.29, 1.82) is 0 Å². The molecule has 474 valence electrons. The number of carbonyl (C=O) groups excluding carboxylic acids is 3. The number of allylic oxidation sites excluding steroid dienone is 14. The van der Waals surface area contributed by atoms with Crippen LogP contribution < -0.4 is 0 Å². The molecule has 0 aromatic carbocycles. The van der Waals surface area contributed by atoms with Crippen LogP contribution >= 0.6 is 0 Å². The number of rotatable bonds is 65. The summed E-state index contributed by atoms with van der Waals surface area (Å²) < 4.78 is 16.9. The molecule has 0 aliphatic rings. The van der Waals surface area contributed by atoms with Gasteiger partial charge < -0.3 is 14.2 Å². The summed E-state index contributed by atoms with van der Waals surface area (Å²) in [4.78, 5) is 38.3. The third kappa shape index (κ3) is 67.4. The molecular weight excluding hydrogens is 1010 g/mol. The van der Waals surface area contributed by atoms with Crippen molar-refractivity contribution in [2.75, 3.05) is 13.2 Å². The van der Waals surface area contributed by atoms with Crippen LogP contribution in [0.1, 0.15) is 361 Å². The first-order chi connectivity index (χ1) is 40.5. The molecule has 0 aromatic heterocycles. The van der Waals surface area contributed by atoms with Crippen molar-refractivity contribution >= 4 is 17.9 Å². The van der Waals surface area contributed by atoms with E-state index in [0.717, 1.165) is 103 Å². The van der Waals surface area contributed by atoms with E-state index in [2.05, 4.69) is 106 Å². The number of carbonyl (C=O) groups is 3. The molecule has 1 unspecified atom stereocenters. The topological polar surface area (TPSA) is 78.9 Å². The molecule has 82 heavy (non-hydrogen) atoms. The molecule has 1 atom stereocenters. The van der Waals surface area contributed by atoms with Crippen LogP contribution in [0.3, 0.4) is 0 Å². The van der Waals surface area contributed by atoms with Crippen LogP contribution in [0.15, 0.2) is 85.1 Å². The summed E-state index contributed by atoms with van der Waals surface area (Å²) in [7, 11) is 0. The predicted octanol–water partition coefficient (Wildman–Crippen LogP) is 24.6. The van der Waals surface area contributed by atoms with Crippen molar-refractivity contribution in [3.63, 3.8) is 0 Å². The fourth-order valence-electron chi connectivity index (χ4n) is 10.3. The average molecular weight is 1140 g/mol. The second kappa shape index (κ2) is 70.1. The van der Waals surface area contributed by atoms with E-state index in [4.69, 9.17) is 14.2 Å². The third-order valence-corrected chi connectivity index (χ3v) is 15.6. The predicted molar refractivity (Wildman–Crippen MR) is 358 cm³/mol. The highest BCUT2D eigenvalue weighted by Crippen LogP contribution is 2.18. The van der Waals surface area contributed by atoms with E-state index in [9.17, 15) is 14.4 Å². The van der Waals surface area contributed by atoms with Gasteiger partial charge in [-0.05, 0) is 109 Å². The smallest absolute Gasteiger partial charge is 0.306 e. The molecule has 0 N–H and O–H groups in total. The molecule has 6 nitrogen and oxygen atoms in total. The van der Waals surface area contributed by atoms with Crippen LogP contribution in [0.25, 0.3) is 0 Å². The summed E-state index contributed by atoms with van der Waals surface area (Å²) in [6, 6.07) is 0. The Morgan fingerprint density at radius 3 is 0.805 bits per heavy atom. The van der Waals surface area contributed by atoms with Gasteiger partial charge in [0.05, 0.1) is 0 Å². The minimum Gasteiger partial charge on any atom is -0.462 e. The van der Waals surface area contributed by atoms with E-state index in [-0.39, 0.29) is 31.1 Å². The Balaban J connectivity index is 4.15. The number of ether oxygens (including phenoxy) is 3. The SMILES string of the molecule is CC/C=C\C/C=C\C/C=C\C/C=C\C/C=C\CCCCCCCCCCCCCCCCCC(=O)OCC(COC(=O)CCCCCCC/C=C\CCC)OC(=O)CCCCCCCCCCCCC/C=C\CCCCCCCCCC. The Labute approximate surface area is 509 Å². The highest BCUT2D eigenvalue weighted by molar-refractivity contribution is 5.71. The lowest BCUT2D eigenvalue weighted by Gasteiger charge is -2.18. The van der Waals surface area contributed by atoms with Crippen LogP contribution in [-0.4, -0.2) is 37.2 Å². The molecule has 0 heterocycles. The maximum absolute atomic E-state index is 12.9. The van der Waals surface area contributed by atoms with Gasteiger partial charge in [-0.1, -0.05) is 318 Å².